The van der Waals surface area contributed by atoms with Crippen LogP contribution in [-0.2, 0) is 0 Å². The molecule has 0 aliphatic heterocycles. The summed E-state index contributed by atoms with van der Waals surface area (Å²) in [7, 11) is 0. The van der Waals surface area contributed by atoms with Crippen molar-refractivity contribution in [3.8, 4) is 5.69 Å². The van der Waals surface area contributed by atoms with Gasteiger partial charge in [-0.15, -0.1) is 0 Å². The highest BCUT2D eigenvalue weighted by Gasteiger charge is 2.14. The Labute approximate surface area is 115 Å². The van der Waals surface area contributed by atoms with Crippen molar-refractivity contribution in [3.63, 3.8) is 0 Å². The van der Waals surface area contributed by atoms with Gasteiger partial charge in [-0.25, -0.2) is 18.4 Å². The molecule has 0 radical (unpaired) electrons. The van der Waals surface area contributed by atoms with Crippen molar-refractivity contribution in [2.24, 2.45) is 0 Å². The second kappa shape index (κ2) is 4.27. The first kappa shape index (κ1) is 11.5. The molecule has 18 heavy (non-hydrogen) atoms. The molecule has 3 aromatic rings. The summed E-state index contributed by atoms with van der Waals surface area (Å²) in [6.07, 6.45) is 1.09. The standard InChI is InChI=1S/C12H6F2IN3/c13-7-5-8-11(15)17-18(12(8)16-6-7)10-4-2-1-3-9(10)14/h1-6H. The maximum Gasteiger partial charge on any atom is 0.164 e. The summed E-state index contributed by atoms with van der Waals surface area (Å²) in [5.74, 6) is -0.835. The minimum Gasteiger partial charge on any atom is -0.233 e. The van der Waals surface area contributed by atoms with E-state index < -0.39 is 11.6 Å². The summed E-state index contributed by atoms with van der Waals surface area (Å²) in [4.78, 5) is 3.97. The first-order chi connectivity index (χ1) is 8.66. The van der Waals surface area contributed by atoms with Gasteiger partial charge in [0.2, 0.25) is 0 Å². The van der Waals surface area contributed by atoms with Gasteiger partial charge in [0.05, 0.1) is 11.6 Å². The van der Waals surface area contributed by atoms with Gasteiger partial charge in [-0.1, -0.05) is 12.1 Å². The molecule has 0 spiro atoms. The lowest BCUT2D eigenvalue weighted by atomic mass is 10.3. The molecular formula is C12H6F2IN3. The van der Waals surface area contributed by atoms with Gasteiger partial charge in [0.15, 0.2) is 5.65 Å². The molecule has 0 aliphatic rings. The predicted octanol–water partition coefficient (Wildman–Crippen LogP) is 3.30. The SMILES string of the molecule is Fc1cnc2c(c1)c(I)nn2-c1ccccc1F. The molecule has 3 rings (SSSR count). The quantitative estimate of drug-likeness (QED) is 0.626. The Morgan fingerprint density at radius 2 is 1.94 bits per heavy atom. The summed E-state index contributed by atoms with van der Waals surface area (Å²) in [6, 6.07) is 7.60. The van der Waals surface area contributed by atoms with E-state index in [1.54, 1.807) is 18.2 Å². The molecule has 3 nitrogen and oxygen atoms in total. The second-order valence-corrected chi connectivity index (χ2v) is 4.70. The van der Waals surface area contributed by atoms with Gasteiger partial charge in [-0.2, -0.15) is 5.10 Å². The van der Waals surface area contributed by atoms with Crippen LogP contribution in [0.2, 0.25) is 0 Å². The van der Waals surface area contributed by atoms with Crippen LogP contribution in [0.3, 0.4) is 0 Å². The molecule has 0 bridgehead atoms. The first-order valence-corrected chi connectivity index (χ1v) is 6.19. The van der Waals surface area contributed by atoms with Gasteiger partial charge in [0.1, 0.15) is 21.0 Å². The Kier molecular flexibility index (Phi) is 2.73. The Bertz CT molecular complexity index is 739. The molecule has 90 valence electrons. The third-order valence-electron chi connectivity index (χ3n) is 2.52. The number of hydrogen-bond acceptors (Lipinski definition) is 2. The van der Waals surface area contributed by atoms with Crippen molar-refractivity contribution in [3.05, 3.63) is 51.9 Å². The fraction of sp³-hybridized carbons (Fsp3) is 0. The van der Waals surface area contributed by atoms with Crippen LogP contribution in [0.15, 0.2) is 36.5 Å². The molecule has 1 aromatic carbocycles. The Balaban J connectivity index is 2.34. The fourth-order valence-electron chi connectivity index (χ4n) is 1.73. The van der Waals surface area contributed by atoms with Crippen molar-refractivity contribution >= 4 is 33.6 Å². The number of halogens is 3. The van der Waals surface area contributed by atoms with Gasteiger partial charge >= 0.3 is 0 Å². The van der Waals surface area contributed by atoms with E-state index in [1.807, 2.05) is 22.6 Å². The van der Waals surface area contributed by atoms with Gasteiger partial charge in [-0.3, -0.25) is 0 Å². The zero-order valence-corrected chi connectivity index (χ0v) is 11.1. The molecule has 0 saturated heterocycles. The van der Waals surface area contributed by atoms with Crippen molar-refractivity contribution in [2.45, 2.75) is 0 Å². The summed E-state index contributed by atoms with van der Waals surface area (Å²) in [5, 5.41) is 4.76. The lowest BCUT2D eigenvalue weighted by Gasteiger charge is -2.03. The van der Waals surface area contributed by atoms with Crippen molar-refractivity contribution in [1.82, 2.24) is 14.8 Å². The zero-order chi connectivity index (χ0) is 12.7. The van der Waals surface area contributed by atoms with Gasteiger partial charge in [-0.05, 0) is 40.8 Å². The zero-order valence-electron chi connectivity index (χ0n) is 8.94. The highest BCUT2D eigenvalue weighted by Crippen LogP contribution is 2.23. The third-order valence-corrected chi connectivity index (χ3v) is 3.32. The first-order valence-electron chi connectivity index (χ1n) is 5.11. The summed E-state index contributed by atoms with van der Waals surface area (Å²) >= 11 is 1.97. The molecule has 0 atom stereocenters. The largest absolute Gasteiger partial charge is 0.233 e. The van der Waals surface area contributed by atoms with Crippen molar-refractivity contribution in [2.75, 3.05) is 0 Å². The van der Waals surface area contributed by atoms with Crippen LogP contribution in [0.5, 0.6) is 0 Å². The average molecular weight is 357 g/mol. The smallest absolute Gasteiger partial charge is 0.164 e. The van der Waals surface area contributed by atoms with E-state index in [1.165, 1.54) is 16.8 Å². The number of para-hydroxylation sites is 1. The minimum absolute atomic E-state index is 0.296. The number of hydrogen-bond donors (Lipinski definition) is 0. The Morgan fingerprint density at radius 1 is 1.17 bits per heavy atom. The number of benzene rings is 1. The third kappa shape index (κ3) is 1.76. The number of aromatic nitrogens is 3. The van der Waals surface area contributed by atoms with Crippen LogP contribution >= 0.6 is 22.6 Å². The van der Waals surface area contributed by atoms with E-state index in [9.17, 15) is 8.78 Å². The molecule has 0 aliphatic carbocycles. The van der Waals surface area contributed by atoms with Crippen LogP contribution in [0.1, 0.15) is 0 Å². The van der Waals surface area contributed by atoms with Crippen LogP contribution in [0.4, 0.5) is 8.78 Å². The predicted molar refractivity (Wildman–Crippen MR) is 71.5 cm³/mol. The minimum atomic E-state index is -0.437. The van der Waals surface area contributed by atoms with Gasteiger partial charge in [0.25, 0.3) is 0 Å². The van der Waals surface area contributed by atoms with Crippen LogP contribution < -0.4 is 0 Å². The summed E-state index contributed by atoms with van der Waals surface area (Å²) in [5.41, 5.74) is 0.732. The van der Waals surface area contributed by atoms with E-state index in [0.29, 0.717) is 20.4 Å². The highest BCUT2D eigenvalue weighted by atomic mass is 127. The Morgan fingerprint density at radius 3 is 2.72 bits per heavy atom. The average Bonchev–Trinajstić information content (AvgIpc) is 2.67. The molecule has 2 heterocycles. The summed E-state index contributed by atoms with van der Waals surface area (Å²) < 4.78 is 28.8. The molecule has 0 unspecified atom stereocenters. The number of fused-ring (bicyclic) bond motifs is 1. The number of pyridine rings is 1. The van der Waals surface area contributed by atoms with Crippen molar-refractivity contribution in [1.29, 1.82) is 0 Å². The van der Waals surface area contributed by atoms with E-state index in [4.69, 9.17) is 0 Å². The fourth-order valence-corrected chi connectivity index (χ4v) is 2.35. The summed E-state index contributed by atoms with van der Waals surface area (Å²) in [6.45, 7) is 0. The molecule has 2 aromatic heterocycles. The molecular weight excluding hydrogens is 351 g/mol. The number of rotatable bonds is 1. The van der Waals surface area contributed by atoms with E-state index in [-0.39, 0.29) is 0 Å². The monoisotopic (exact) mass is 357 g/mol. The second-order valence-electron chi connectivity index (χ2n) is 3.68. The van der Waals surface area contributed by atoms with Gasteiger partial charge in [0, 0.05) is 0 Å². The van der Waals surface area contributed by atoms with E-state index >= 15 is 0 Å². The van der Waals surface area contributed by atoms with E-state index in [2.05, 4.69) is 10.1 Å². The van der Waals surface area contributed by atoms with E-state index in [0.717, 1.165) is 6.20 Å². The normalized spacial score (nSPS) is 11.1. The van der Waals surface area contributed by atoms with Crippen molar-refractivity contribution < 1.29 is 8.78 Å². The molecule has 6 heteroatoms. The molecule has 0 N–H and O–H groups in total. The lowest BCUT2D eigenvalue weighted by molar-refractivity contribution is 0.611. The molecule has 0 amide bonds. The van der Waals surface area contributed by atoms with Crippen LogP contribution in [-0.4, -0.2) is 14.8 Å². The Hall–Kier alpha value is -1.57. The molecule has 0 saturated carbocycles. The lowest BCUT2D eigenvalue weighted by Crippen LogP contribution is -2.00. The number of nitrogens with zero attached hydrogens (tertiary/aromatic N) is 3. The molecule has 0 fully saturated rings. The van der Waals surface area contributed by atoms with Gasteiger partial charge < -0.3 is 0 Å². The maximum absolute atomic E-state index is 13.7. The topological polar surface area (TPSA) is 30.7 Å². The maximum atomic E-state index is 13.7. The highest BCUT2D eigenvalue weighted by molar-refractivity contribution is 14.1. The van der Waals surface area contributed by atoms with Crippen LogP contribution in [0, 0.1) is 15.3 Å². The van der Waals surface area contributed by atoms with Crippen LogP contribution in [0.25, 0.3) is 16.7 Å².